The van der Waals surface area contributed by atoms with Crippen molar-refractivity contribution in [1.82, 2.24) is 20.1 Å². The lowest BCUT2D eigenvalue weighted by atomic mass is 10.2. The van der Waals surface area contributed by atoms with Crippen LogP contribution in [0.4, 0.5) is 0 Å². The van der Waals surface area contributed by atoms with Crippen molar-refractivity contribution in [3.63, 3.8) is 0 Å². The monoisotopic (exact) mass is 342 g/mol. The van der Waals surface area contributed by atoms with Crippen LogP contribution in [0.3, 0.4) is 0 Å². The number of thioether (sulfide) groups is 1. The summed E-state index contributed by atoms with van der Waals surface area (Å²) in [7, 11) is 1.76. The van der Waals surface area contributed by atoms with Crippen LogP contribution < -0.4 is 0 Å². The van der Waals surface area contributed by atoms with E-state index in [2.05, 4.69) is 15.2 Å². The lowest BCUT2D eigenvalue weighted by Crippen LogP contribution is -2.27. The molecular weight excluding hydrogens is 324 g/mol. The molecule has 124 valence electrons. The molecule has 6 nitrogen and oxygen atoms in total. The molecule has 0 unspecified atom stereocenters. The smallest absolute Gasteiger partial charge is 0.233 e. The van der Waals surface area contributed by atoms with Gasteiger partial charge in [-0.05, 0) is 19.1 Å². The number of aromatic nitrogens is 3. The van der Waals surface area contributed by atoms with Crippen LogP contribution in [0.5, 0.6) is 0 Å². The molecule has 3 aromatic rings. The number of nitrogens with zero attached hydrogens (tertiary/aromatic N) is 3. The van der Waals surface area contributed by atoms with Gasteiger partial charge in [0.15, 0.2) is 5.82 Å². The van der Waals surface area contributed by atoms with E-state index in [-0.39, 0.29) is 11.7 Å². The Balaban J connectivity index is 1.53. The van der Waals surface area contributed by atoms with E-state index in [4.69, 9.17) is 4.42 Å². The molecule has 0 radical (unpaired) electrons. The summed E-state index contributed by atoms with van der Waals surface area (Å²) in [6.07, 6.45) is 0. The Morgan fingerprint density at radius 3 is 2.75 bits per heavy atom. The van der Waals surface area contributed by atoms with Crippen molar-refractivity contribution in [2.75, 3.05) is 12.8 Å². The minimum absolute atomic E-state index is 0.000106. The summed E-state index contributed by atoms with van der Waals surface area (Å²) >= 11 is 1.31. The van der Waals surface area contributed by atoms with E-state index >= 15 is 0 Å². The van der Waals surface area contributed by atoms with E-state index in [0.717, 1.165) is 17.1 Å². The van der Waals surface area contributed by atoms with Gasteiger partial charge in [0.2, 0.25) is 11.1 Å². The SMILES string of the molecule is Cc1ccc(CN(C)C(=O)CSc2n[nH]c(-c3ccccc3)n2)o1. The van der Waals surface area contributed by atoms with Gasteiger partial charge >= 0.3 is 0 Å². The summed E-state index contributed by atoms with van der Waals surface area (Å²) in [6, 6.07) is 13.5. The fraction of sp³-hybridized carbons (Fsp3) is 0.235. The average Bonchev–Trinajstić information content (AvgIpc) is 3.22. The van der Waals surface area contributed by atoms with Gasteiger partial charge in [-0.15, -0.1) is 5.10 Å². The largest absolute Gasteiger partial charge is 0.464 e. The molecule has 1 N–H and O–H groups in total. The third-order valence-electron chi connectivity index (χ3n) is 3.45. The molecule has 0 aliphatic heterocycles. The molecule has 0 bridgehead atoms. The highest BCUT2D eigenvalue weighted by Gasteiger charge is 2.13. The van der Waals surface area contributed by atoms with Gasteiger partial charge < -0.3 is 9.32 Å². The van der Waals surface area contributed by atoms with Gasteiger partial charge in [0.05, 0.1) is 12.3 Å². The predicted molar refractivity (Wildman–Crippen MR) is 92.5 cm³/mol. The topological polar surface area (TPSA) is 75.0 Å². The van der Waals surface area contributed by atoms with Gasteiger partial charge in [-0.1, -0.05) is 42.1 Å². The summed E-state index contributed by atoms with van der Waals surface area (Å²) in [4.78, 5) is 18.2. The van der Waals surface area contributed by atoms with Crippen molar-refractivity contribution < 1.29 is 9.21 Å². The second-order valence-corrected chi connectivity index (χ2v) is 6.33. The molecule has 24 heavy (non-hydrogen) atoms. The van der Waals surface area contributed by atoms with E-state index in [9.17, 15) is 4.79 Å². The Morgan fingerprint density at radius 1 is 1.25 bits per heavy atom. The van der Waals surface area contributed by atoms with Crippen molar-refractivity contribution >= 4 is 17.7 Å². The number of carbonyl (C=O) groups excluding carboxylic acids is 1. The first-order chi connectivity index (χ1) is 11.6. The van der Waals surface area contributed by atoms with E-state index in [0.29, 0.717) is 17.5 Å². The molecular formula is C17H18N4O2S. The molecule has 0 saturated heterocycles. The Labute approximate surface area is 144 Å². The molecule has 0 aliphatic rings. The lowest BCUT2D eigenvalue weighted by molar-refractivity contribution is -0.127. The van der Waals surface area contributed by atoms with Gasteiger partial charge in [-0.2, -0.15) is 0 Å². The number of benzene rings is 1. The Kier molecular flexibility index (Phi) is 5.00. The van der Waals surface area contributed by atoms with Crippen LogP contribution in [0.2, 0.25) is 0 Å². The second-order valence-electron chi connectivity index (χ2n) is 5.38. The van der Waals surface area contributed by atoms with E-state index in [1.165, 1.54) is 11.8 Å². The third kappa shape index (κ3) is 4.05. The zero-order valence-electron chi connectivity index (χ0n) is 13.5. The number of aryl methyl sites for hydroxylation is 1. The molecule has 0 fully saturated rings. The number of nitrogens with one attached hydrogen (secondary N) is 1. The molecule has 0 spiro atoms. The first-order valence-corrected chi connectivity index (χ1v) is 8.50. The van der Waals surface area contributed by atoms with Gasteiger partial charge in [-0.25, -0.2) is 4.98 Å². The van der Waals surface area contributed by atoms with Gasteiger partial charge in [0.1, 0.15) is 11.5 Å². The number of H-pyrrole nitrogens is 1. The second kappa shape index (κ2) is 7.35. The lowest BCUT2D eigenvalue weighted by Gasteiger charge is -2.14. The standard InChI is InChI=1S/C17H18N4O2S/c1-12-8-9-14(23-12)10-21(2)15(22)11-24-17-18-16(19-20-17)13-6-4-3-5-7-13/h3-9H,10-11H2,1-2H3,(H,18,19,20). The highest BCUT2D eigenvalue weighted by atomic mass is 32.2. The molecule has 3 rings (SSSR count). The average molecular weight is 342 g/mol. The van der Waals surface area contributed by atoms with Crippen LogP contribution in [0.1, 0.15) is 11.5 Å². The normalized spacial score (nSPS) is 10.8. The van der Waals surface area contributed by atoms with Crippen LogP contribution >= 0.6 is 11.8 Å². The van der Waals surface area contributed by atoms with Crippen LogP contribution in [0, 0.1) is 6.92 Å². The van der Waals surface area contributed by atoms with Crippen LogP contribution in [-0.4, -0.2) is 38.8 Å². The third-order valence-corrected chi connectivity index (χ3v) is 4.28. The zero-order chi connectivity index (χ0) is 16.9. The maximum atomic E-state index is 12.2. The van der Waals surface area contributed by atoms with Crippen molar-refractivity contribution in [1.29, 1.82) is 0 Å². The van der Waals surface area contributed by atoms with Crippen LogP contribution in [0.15, 0.2) is 52.0 Å². The molecule has 1 aromatic carbocycles. The zero-order valence-corrected chi connectivity index (χ0v) is 14.3. The highest BCUT2D eigenvalue weighted by molar-refractivity contribution is 7.99. The van der Waals surface area contributed by atoms with Crippen LogP contribution in [0.25, 0.3) is 11.4 Å². The maximum absolute atomic E-state index is 12.2. The minimum Gasteiger partial charge on any atom is -0.464 e. The van der Waals surface area contributed by atoms with Crippen molar-refractivity contribution in [2.24, 2.45) is 0 Å². The first kappa shape index (κ1) is 16.3. The van der Waals surface area contributed by atoms with E-state index in [1.54, 1.807) is 11.9 Å². The Hall–Kier alpha value is -2.54. The van der Waals surface area contributed by atoms with Crippen molar-refractivity contribution in [3.05, 3.63) is 54.0 Å². The molecule has 0 atom stereocenters. The predicted octanol–water partition coefficient (Wildman–Crippen LogP) is 3.12. The summed E-state index contributed by atoms with van der Waals surface area (Å²) < 4.78 is 5.49. The summed E-state index contributed by atoms with van der Waals surface area (Å²) in [6.45, 7) is 2.34. The molecule has 2 heterocycles. The highest BCUT2D eigenvalue weighted by Crippen LogP contribution is 2.19. The quantitative estimate of drug-likeness (QED) is 0.697. The minimum atomic E-state index is 0.000106. The summed E-state index contributed by atoms with van der Waals surface area (Å²) in [5.41, 5.74) is 0.966. The summed E-state index contributed by atoms with van der Waals surface area (Å²) in [5.74, 6) is 2.60. The van der Waals surface area contributed by atoms with Crippen LogP contribution in [-0.2, 0) is 11.3 Å². The van der Waals surface area contributed by atoms with Crippen molar-refractivity contribution in [3.8, 4) is 11.4 Å². The molecule has 2 aromatic heterocycles. The maximum Gasteiger partial charge on any atom is 0.233 e. The molecule has 0 aliphatic carbocycles. The first-order valence-electron chi connectivity index (χ1n) is 7.52. The number of hydrogen-bond acceptors (Lipinski definition) is 5. The number of amides is 1. The van der Waals surface area contributed by atoms with Gasteiger partial charge in [-0.3, -0.25) is 9.89 Å². The Bertz CT molecular complexity index is 813. The van der Waals surface area contributed by atoms with Crippen molar-refractivity contribution in [2.45, 2.75) is 18.6 Å². The number of carbonyl (C=O) groups is 1. The number of aromatic amines is 1. The number of furan rings is 1. The van der Waals surface area contributed by atoms with E-state index < -0.39 is 0 Å². The van der Waals surface area contributed by atoms with Gasteiger partial charge in [0, 0.05) is 12.6 Å². The Morgan fingerprint density at radius 2 is 2.04 bits per heavy atom. The van der Waals surface area contributed by atoms with Gasteiger partial charge in [0.25, 0.3) is 0 Å². The fourth-order valence-electron chi connectivity index (χ4n) is 2.16. The summed E-state index contributed by atoms with van der Waals surface area (Å²) in [5, 5.41) is 7.60. The number of rotatable bonds is 6. The number of hydrogen-bond donors (Lipinski definition) is 1. The van der Waals surface area contributed by atoms with E-state index in [1.807, 2.05) is 49.4 Å². The fourth-order valence-corrected chi connectivity index (χ4v) is 2.90. The molecule has 1 amide bonds. The molecule has 7 heteroatoms. The molecule has 0 saturated carbocycles.